The second kappa shape index (κ2) is 5.14. The van der Waals surface area contributed by atoms with E-state index in [0.29, 0.717) is 17.9 Å². The average Bonchev–Trinajstić information content (AvgIpc) is 2.67. The number of rotatable bonds is 3. The van der Waals surface area contributed by atoms with Crippen LogP contribution in [0.2, 0.25) is 0 Å². The SMILES string of the molecule is Cc1cc(C(=O)NCC2(N)CCCCC2)c(C)o1. The van der Waals surface area contributed by atoms with E-state index in [2.05, 4.69) is 5.32 Å². The molecule has 18 heavy (non-hydrogen) atoms. The Bertz CT molecular complexity index is 431. The zero-order chi connectivity index (χ0) is 13.2. The standard InChI is InChI=1S/C14H22N2O2/c1-10-8-12(11(2)18-10)13(17)16-9-14(15)6-4-3-5-7-14/h8H,3-7,9,15H2,1-2H3,(H,16,17). The Morgan fingerprint density at radius 1 is 1.39 bits per heavy atom. The van der Waals surface area contributed by atoms with Crippen LogP contribution in [0.15, 0.2) is 10.5 Å². The Labute approximate surface area is 108 Å². The van der Waals surface area contributed by atoms with E-state index in [1.54, 1.807) is 13.0 Å². The van der Waals surface area contributed by atoms with Crippen LogP contribution < -0.4 is 11.1 Å². The number of aryl methyl sites for hydroxylation is 2. The maximum Gasteiger partial charge on any atom is 0.254 e. The lowest BCUT2D eigenvalue weighted by Crippen LogP contribution is -2.51. The first-order chi connectivity index (χ1) is 8.50. The molecule has 1 aromatic heterocycles. The minimum Gasteiger partial charge on any atom is -0.466 e. The van der Waals surface area contributed by atoms with E-state index >= 15 is 0 Å². The highest BCUT2D eigenvalue weighted by Crippen LogP contribution is 2.25. The summed E-state index contributed by atoms with van der Waals surface area (Å²) in [6, 6.07) is 1.77. The number of furan rings is 1. The molecule has 4 nitrogen and oxygen atoms in total. The molecule has 0 radical (unpaired) electrons. The van der Waals surface area contributed by atoms with Gasteiger partial charge in [0.25, 0.3) is 5.91 Å². The predicted octanol–water partition coefficient (Wildman–Crippen LogP) is 2.29. The summed E-state index contributed by atoms with van der Waals surface area (Å²) in [5.74, 6) is 1.34. The summed E-state index contributed by atoms with van der Waals surface area (Å²) in [6.07, 6.45) is 5.58. The molecule has 1 amide bonds. The number of nitrogens with two attached hydrogens (primary N) is 1. The van der Waals surface area contributed by atoms with Crippen molar-refractivity contribution in [3.63, 3.8) is 0 Å². The van der Waals surface area contributed by atoms with E-state index in [1.807, 2.05) is 6.92 Å². The fraction of sp³-hybridized carbons (Fsp3) is 0.643. The van der Waals surface area contributed by atoms with Crippen LogP contribution in [0.3, 0.4) is 0 Å². The molecule has 1 aliphatic carbocycles. The molecular weight excluding hydrogens is 228 g/mol. The smallest absolute Gasteiger partial charge is 0.254 e. The zero-order valence-corrected chi connectivity index (χ0v) is 11.2. The van der Waals surface area contributed by atoms with E-state index in [4.69, 9.17) is 10.2 Å². The molecular formula is C14H22N2O2. The van der Waals surface area contributed by atoms with Gasteiger partial charge >= 0.3 is 0 Å². The van der Waals surface area contributed by atoms with Crippen molar-refractivity contribution in [2.75, 3.05) is 6.54 Å². The number of hydrogen-bond acceptors (Lipinski definition) is 3. The molecule has 0 aromatic carbocycles. The van der Waals surface area contributed by atoms with E-state index < -0.39 is 0 Å². The van der Waals surface area contributed by atoms with E-state index in [0.717, 1.165) is 31.4 Å². The lowest BCUT2D eigenvalue weighted by Gasteiger charge is -2.33. The molecule has 1 fully saturated rings. The second-order valence-electron chi connectivity index (χ2n) is 5.43. The van der Waals surface area contributed by atoms with Gasteiger partial charge in [-0.15, -0.1) is 0 Å². The van der Waals surface area contributed by atoms with Crippen molar-refractivity contribution in [3.05, 3.63) is 23.2 Å². The molecule has 0 unspecified atom stereocenters. The van der Waals surface area contributed by atoms with Gasteiger partial charge in [-0.1, -0.05) is 19.3 Å². The van der Waals surface area contributed by atoms with Gasteiger partial charge < -0.3 is 15.5 Å². The first kappa shape index (κ1) is 13.1. The highest BCUT2D eigenvalue weighted by Gasteiger charge is 2.28. The van der Waals surface area contributed by atoms with Crippen LogP contribution in [0.5, 0.6) is 0 Å². The van der Waals surface area contributed by atoms with Crippen molar-refractivity contribution in [2.24, 2.45) is 5.73 Å². The first-order valence-corrected chi connectivity index (χ1v) is 6.64. The van der Waals surface area contributed by atoms with Crippen molar-refractivity contribution < 1.29 is 9.21 Å². The van der Waals surface area contributed by atoms with Gasteiger partial charge in [0, 0.05) is 12.1 Å². The number of hydrogen-bond donors (Lipinski definition) is 2. The molecule has 0 bridgehead atoms. The summed E-state index contributed by atoms with van der Waals surface area (Å²) in [5, 5.41) is 2.94. The Morgan fingerprint density at radius 3 is 2.61 bits per heavy atom. The summed E-state index contributed by atoms with van der Waals surface area (Å²) in [6.45, 7) is 4.20. The van der Waals surface area contributed by atoms with Crippen molar-refractivity contribution >= 4 is 5.91 Å². The monoisotopic (exact) mass is 250 g/mol. The predicted molar refractivity (Wildman–Crippen MR) is 70.5 cm³/mol. The first-order valence-electron chi connectivity index (χ1n) is 6.64. The van der Waals surface area contributed by atoms with Crippen molar-refractivity contribution in [3.8, 4) is 0 Å². The van der Waals surface area contributed by atoms with Gasteiger partial charge in [-0.05, 0) is 32.8 Å². The molecule has 2 rings (SSSR count). The Balaban J connectivity index is 1.94. The fourth-order valence-corrected chi connectivity index (χ4v) is 2.64. The topological polar surface area (TPSA) is 68.3 Å². The summed E-state index contributed by atoms with van der Waals surface area (Å²) in [7, 11) is 0. The molecule has 0 atom stereocenters. The summed E-state index contributed by atoms with van der Waals surface area (Å²) >= 11 is 0. The largest absolute Gasteiger partial charge is 0.466 e. The fourth-order valence-electron chi connectivity index (χ4n) is 2.64. The normalized spacial score (nSPS) is 18.6. The Hall–Kier alpha value is -1.29. The van der Waals surface area contributed by atoms with Crippen LogP contribution in [0.4, 0.5) is 0 Å². The lowest BCUT2D eigenvalue weighted by molar-refractivity contribution is 0.0936. The lowest BCUT2D eigenvalue weighted by atomic mass is 9.82. The Morgan fingerprint density at radius 2 is 2.06 bits per heavy atom. The van der Waals surface area contributed by atoms with E-state index in [-0.39, 0.29) is 11.4 Å². The summed E-state index contributed by atoms with van der Waals surface area (Å²) in [5.41, 5.74) is 6.69. The van der Waals surface area contributed by atoms with Crippen LogP contribution in [-0.4, -0.2) is 18.0 Å². The summed E-state index contributed by atoms with van der Waals surface area (Å²) < 4.78 is 5.36. The highest BCUT2D eigenvalue weighted by molar-refractivity contribution is 5.95. The van der Waals surface area contributed by atoms with Crippen LogP contribution in [-0.2, 0) is 0 Å². The molecule has 4 heteroatoms. The van der Waals surface area contributed by atoms with E-state index in [9.17, 15) is 4.79 Å². The van der Waals surface area contributed by atoms with Crippen molar-refractivity contribution in [1.29, 1.82) is 0 Å². The van der Waals surface area contributed by atoms with Gasteiger partial charge in [-0.2, -0.15) is 0 Å². The molecule has 3 N–H and O–H groups in total. The van der Waals surface area contributed by atoms with Gasteiger partial charge in [0.15, 0.2) is 0 Å². The van der Waals surface area contributed by atoms with Gasteiger partial charge in [0.05, 0.1) is 5.56 Å². The Kier molecular flexibility index (Phi) is 3.76. The van der Waals surface area contributed by atoms with Gasteiger partial charge in [-0.25, -0.2) is 0 Å². The van der Waals surface area contributed by atoms with Crippen molar-refractivity contribution in [1.82, 2.24) is 5.32 Å². The summed E-state index contributed by atoms with van der Waals surface area (Å²) in [4.78, 5) is 12.0. The molecule has 0 spiro atoms. The third-order valence-electron chi connectivity index (χ3n) is 3.74. The third-order valence-corrected chi connectivity index (χ3v) is 3.74. The quantitative estimate of drug-likeness (QED) is 0.864. The minimum atomic E-state index is -0.222. The molecule has 0 saturated heterocycles. The third kappa shape index (κ3) is 2.93. The van der Waals surface area contributed by atoms with Gasteiger partial charge in [-0.3, -0.25) is 4.79 Å². The molecule has 1 heterocycles. The number of carbonyl (C=O) groups is 1. The van der Waals surface area contributed by atoms with Crippen LogP contribution in [0.25, 0.3) is 0 Å². The maximum atomic E-state index is 12.0. The second-order valence-corrected chi connectivity index (χ2v) is 5.43. The zero-order valence-electron chi connectivity index (χ0n) is 11.2. The molecule has 1 saturated carbocycles. The van der Waals surface area contributed by atoms with Crippen LogP contribution >= 0.6 is 0 Å². The highest BCUT2D eigenvalue weighted by atomic mass is 16.3. The number of amides is 1. The molecule has 1 aromatic rings. The van der Waals surface area contributed by atoms with Gasteiger partial charge in [0.1, 0.15) is 11.5 Å². The van der Waals surface area contributed by atoms with E-state index in [1.165, 1.54) is 6.42 Å². The maximum absolute atomic E-state index is 12.0. The molecule has 100 valence electrons. The number of carbonyl (C=O) groups excluding carboxylic acids is 1. The van der Waals surface area contributed by atoms with Gasteiger partial charge in [0.2, 0.25) is 0 Å². The van der Waals surface area contributed by atoms with Crippen molar-refractivity contribution in [2.45, 2.75) is 51.5 Å². The molecule has 1 aliphatic rings. The molecule has 0 aliphatic heterocycles. The van der Waals surface area contributed by atoms with Crippen LogP contribution in [0, 0.1) is 13.8 Å². The van der Waals surface area contributed by atoms with Crippen LogP contribution in [0.1, 0.15) is 54.0 Å². The average molecular weight is 250 g/mol. The minimum absolute atomic E-state index is 0.0836. The number of nitrogens with one attached hydrogen (secondary N) is 1.